The Bertz CT molecular complexity index is 584. The summed E-state index contributed by atoms with van der Waals surface area (Å²) in [6, 6.07) is 13.7. The van der Waals surface area contributed by atoms with Crippen LogP contribution in [0.25, 0.3) is 0 Å². The van der Waals surface area contributed by atoms with E-state index in [4.69, 9.17) is 0 Å². The molecule has 19 heavy (non-hydrogen) atoms. The molecular weight excluding hydrogens is 256 g/mol. The molecule has 4 heteroatoms. The summed E-state index contributed by atoms with van der Waals surface area (Å²) in [4.78, 5) is 13.1. The van der Waals surface area contributed by atoms with Crippen LogP contribution < -0.4 is 9.88 Å². The van der Waals surface area contributed by atoms with E-state index in [1.807, 2.05) is 66.4 Å². The maximum atomic E-state index is 12.1. The monoisotopic (exact) mass is 273 g/mol. The number of pyridine rings is 1. The summed E-state index contributed by atoms with van der Waals surface area (Å²) in [6.45, 7) is 2.32. The Morgan fingerprint density at radius 2 is 1.95 bits per heavy atom. The van der Waals surface area contributed by atoms with Crippen molar-refractivity contribution in [2.75, 3.05) is 11.6 Å². The summed E-state index contributed by atoms with van der Waals surface area (Å²) in [7, 11) is 0. The molecule has 98 valence electrons. The molecule has 1 N–H and O–H groups in total. The molecule has 1 aromatic heterocycles. The molecule has 0 saturated carbocycles. The van der Waals surface area contributed by atoms with E-state index in [1.165, 1.54) is 0 Å². The largest absolute Gasteiger partial charge is 0.320 e. The zero-order chi connectivity index (χ0) is 13.7. The fourth-order valence-corrected chi connectivity index (χ4v) is 2.39. The average molecular weight is 273 g/mol. The lowest BCUT2D eigenvalue weighted by Crippen LogP contribution is -2.42. The van der Waals surface area contributed by atoms with Crippen LogP contribution in [0.1, 0.15) is 5.69 Å². The number of carbonyl (C=O) groups is 1. The topological polar surface area (TPSA) is 33.0 Å². The van der Waals surface area contributed by atoms with Gasteiger partial charge in [-0.1, -0.05) is 18.2 Å². The van der Waals surface area contributed by atoms with Crippen LogP contribution in [0.2, 0.25) is 0 Å². The molecule has 1 amide bonds. The number of amides is 1. The minimum Gasteiger partial charge on any atom is -0.320 e. The second kappa shape index (κ2) is 6.38. The van der Waals surface area contributed by atoms with Gasteiger partial charge in [0.2, 0.25) is 6.54 Å². The third-order valence-corrected chi connectivity index (χ3v) is 3.66. The van der Waals surface area contributed by atoms with Crippen molar-refractivity contribution >= 4 is 23.4 Å². The first kappa shape index (κ1) is 13.6. The first-order valence-electron chi connectivity index (χ1n) is 6.08. The van der Waals surface area contributed by atoms with E-state index in [1.54, 1.807) is 11.8 Å². The van der Waals surface area contributed by atoms with Crippen LogP contribution in [-0.4, -0.2) is 12.2 Å². The molecule has 0 fully saturated rings. The normalized spacial score (nSPS) is 10.2. The van der Waals surface area contributed by atoms with Crippen LogP contribution in [0.4, 0.5) is 5.69 Å². The molecule has 2 rings (SSSR count). The summed E-state index contributed by atoms with van der Waals surface area (Å²) in [6.07, 6.45) is 3.91. The van der Waals surface area contributed by atoms with E-state index in [-0.39, 0.29) is 5.91 Å². The molecule has 0 aliphatic carbocycles. The Morgan fingerprint density at radius 1 is 1.21 bits per heavy atom. The SMILES string of the molecule is CSc1ccccc1NC(=O)C[n+]1ccccc1C. The third-order valence-electron chi connectivity index (χ3n) is 2.86. The molecular formula is C15H17N2OS+. The number of aromatic nitrogens is 1. The zero-order valence-electron chi connectivity index (χ0n) is 11.1. The van der Waals surface area contributed by atoms with Crippen molar-refractivity contribution in [3.05, 3.63) is 54.4 Å². The number of anilines is 1. The Balaban J connectivity index is 2.08. The molecule has 2 aromatic rings. The Hall–Kier alpha value is -1.81. The molecule has 0 atom stereocenters. The minimum absolute atomic E-state index is 0.0131. The number of hydrogen-bond donors (Lipinski definition) is 1. The standard InChI is InChI=1S/C15H16N2OS/c1-12-7-5-6-10-17(12)11-15(18)16-13-8-3-4-9-14(13)19-2/h3-10H,11H2,1-2H3/p+1. The van der Waals surface area contributed by atoms with Crippen molar-refractivity contribution in [1.29, 1.82) is 0 Å². The molecule has 0 radical (unpaired) electrons. The van der Waals surface area contributed by atoms with Gasteiger partial charge in [0.15, 0.2) is 11.9 Å². The number of para-hydroxylation sites is 1. The number of benzene rings is 1. The van der Waals surface area contributed by atoms with Gasteiger partial charge in [-0.25, -0.2) is 0 Å². The highest BCUT2D eigenvalue weighted by atomic mass is 32.2. The molecule has 1 heterocycles. The average Bonchev–Trinajstić information content (AvgIpc) is 2.42. The summed E-state index contributed by atoms with van der Waals surface area (Å²) >= 11 is 1.63. The molecule has 0 aliphatic rings. The van der Waals surface area contributed by atoms with Crippen molar-refractivity contribution in [3.63, 3.8) is 0 Å². The van der Waals surface area contributed by atoms with Crippen molar-refractivity contribution in [1.82, 2.24) is 0 Å². The quantitative estimate of drug-likeness (QED) is 0.686. The predicted octanol–water partition coefficient (Wildman–Crippen LogP) is 2.64. The summed E-state index contributed by atoms with van der Waals surface area (Å²) in [5.74, 6) is -0.0131. The lowest BCUT2D eigenvalue weighted by atomic mass is 10.3. The predicted molar refractivity (Wildman–Crippen MR) is 78.2 cm³/mol. The second-order valence-corrected chi connectivity index (χ2v) is 5.07. The van der Waals surface area contributed by atoms with Crippen LogP contribution in [-0.2, 0) is 11.3 Å². The number of rotatable bonds is 4. The Labute approximate surface area is 117 Å². The minimum atomic E-state index is -0.0131. The van der Waals surface area contributed by atoms with Gasteiger partial charge in [0, 0.05) is 24.0 Å². The summed E-state index contributed by atoms with van der Waals surface area (Å²) in [5.41, 5.74) is 1.94. The van der Waals surface area contributed by atoms with Crippen LogP contribution in [0.15, 0.2) is 53.6 Å². The number of nitrogens with one attached hydrogen (secondary N) is 1. The third kappa shape index (κ3) is 3.58. The highest BCUT2D eigenvalue weighted by Crippen LogP contribution is 2.24. The van der Waals surface area contributed by atoms with Gasteiger partial charge in [-0.2, -0.15) is 4.57 Å². The summed E-state index contributed by atoms with van der Waals surface area (Å²) in [5, 5.41) is 2.96. The van der Waals surface area contributed by atoms with E-state index in [0.29, 0.717) is 6.54 Å². The van der Waals surface area contributed by atoms with E-state index in [9.17, 15) is 4.79 Å². The molecule has 3 nitrogen and oxygen atoms in total. The number of aryl methyl sites for hydroxylation is 1. The first-order valence-corrected chi connectivity index (χ1v) is 7.31. The first-order chi connectivity index (χ1) is 9.20. The number of nitrogens with zero attached hydrogens (tertiary/aromatic N) is 1. The molecule has 1 aromatic carbocycles. The fraction of sp³-hybridized carbons (Fsp3) is 0.200. The van der Waals surface area contributed by atoms with Gasteiger partial charge in [0.05, 0.1) is 5.69 Å². The fourth-order valence-electron chi connectivity index (χ4n) is 1.83. The van der Waals surface area contributed by atoms with Gasteiger partial charge in [0.25, 0.3) is 5.91 Å². The van der Waals surface area contributed by atoms with Gasteiger partial charge in [-0.05, 0) is 18.4 Å². The highest BCUT2D eigenvalue weighted by Gasteiger charge is 2.12. The molecule has 0 bridgehead atoms. The Morgan fingerprint density at radius 3 is 2.68 bits per heavy atom. The number of hydrogen-bond acceptors (Lipinski definition) is 2. The maximum absolute atomic E-state index is 12.1. The van der Waals surface area contributed by atoms with Gasteiger partial charge < -0.3 is 5.32 Å². The van der Waals surface area contributed by atoms with Crippen molar-refractivity contribution in [2.45, 2.75) is 18.4 Å². The van der Waals surface area contributed by atoms with Gasteiger partial charge in [-0.15, -0.1) is 11.8 Å². The van der Waals surface area contributed by atoms with E-state index >= 15 is 0 Å². The van der Waals surface area contributed by atoms with E-state index in [0.717, 1.165) is 16.3 Å². The van der Waals surface area contributed by atoms with E-state index in [2.05, 4.69) is 5.32 Å². The second-order valence-electron chi connectivity index (χ2n) is 4.22. The van der Waals surface area contributed by atoms with Crippen LogP contribution in [0, 0.1) is 6.92 Å². The summed E-state index contributed by atoms with van der Waals surface area (Å²) < 4.78 is 1.93. The van der Waals surface area contributed by atoms with Crippen LogP contribution >= 0.6 is 11.8 Å². The number of carbonyl (C=O) groups excluding carboxylic acids is 1. The van der Waals surface area contributed by atoms with Crippen LogP contribution in [0.5, 0.6) is 0 Å². The molecule has 0 aliphatic heterocycles. The lowest BCUT2D eigenvalue weighted by Gasteiger charge is -2.08. The van der Waals surface area contributed by atoms with Crippen molar-refractivity contribution in [2.24, 2.45) is 0 Å². The highest BCUT2D eigenvalue weighted by molar-refractivity contribution is 7.98. The Kier molecular flexibility index (Phi) is 4.58. The van der Waals surface area contributed by atoms with Gasteiger partial charge in [-0.3, -0.25) is 4.79 Å². The van der Waals surface area contributed by atoms with E-state index < -0.39 is 0 Å². The van der Waals surface area contributed by atoms with Crippen molar-refractivity contribution in [3.8, 4) is 0 Å². The molecule has 0 saturated heterocycles. The lowest BCUT2D eigenvalue weighted by molar-refractivity contribution is -0.690. The van der Waals surface area contributed by atoms with Gasteiger partial charge >= 0.3 is 0 Å². The smallest absolute Gasteiger partial charge is 0.290 e. The van der Waals surface area contributed by atoms with Crippen molar-refractivity contribution < 1.29 is 9.36 Å². The zero-order valence-corrected chi connectivity index (χ0v) is 11.9. The van der Waals surface area contributed by atoms with Gasteiger partial charge in [0.1, 0.15) is 0 Å². The maximum Gasteiger partial charge on any atom is 0.290 e. The molecule has 0 spiro atoms. The van der Waals surface area contributed by atoms with Crippen LogP contribution in [0.3, 0.4) is 0 Å². The molecule has 0 unspecified atom stereocenters. The number of thioether (sulfide) groups is 1.